The monoisotopic (exact) mass is 297 g/mol. The molecule has 0 saturated heterocycles. The molecule has 0 saturated carbocycles. The van der Waals surface area contributed by atoms with Crippen molar-refractivity contribution in [1.29, 1.82) is 0 Å². The van der Waals surface area contributed by atoms with Gasteiger partial charge in [-0.1, -0.05) is 18.2 Å². The van der Waals surface area contributed by atoms with Gasteiger partial charge in [0, 0.05) is 5.69 Å². The highest BCUT2D eigenvalue weighted by molar-refractivity contribution is 5.93. The Morgan fingerprint density at radius 1 is 1.23 bits per heavy atom. The van der Waals surface area contributed by atoms with Gasteiger partial charge in [0.05, 0.1) is 12.5 Å². The molecule has 114 valence electrons. The summed E-state index contributed by atoms with van der Waals surface area (Å²) in [6.07, 6.45) is 0.707. The van der Waals surface area contributed by atoms with E-state index < -0.39 is 0 Å². The first kappa shape index (κ1) is 14.4. The lowest BCUT2D eigenvalue weighted by Crippen LogP contribution is -2.32. The Kier molecular flexibility index (Phi) is 4.28. The Bertz CT molecular complexity index is 652. The Balaban J connectivity index is 1.63. The van der Waals surface area contributed by atoms with E-state index in [1.165, 1.54) is 0 Å². The molecule has 2 aromatic rings. The summed E-state index contributed by atoms with van der Waals surface area (Å²) in [4.78, 5) is 12.4. The van der Waals surface area contributed by atoms with Gasteiger partial charge in [-0.25, -0.2) is 0 Å². The lowest BCUT2D eigenvalue weighted by Gasteiger charge is -2.24. The molecule has 2 aromatic carbocycles. The van der Waals surface area contributed by atoms with Gasteiger partial charge in [-0.2, -0.15) is 0 Å². The van der Waals surface area contributed by atoms with Gasteiger partial charge < -0.3 is 14.8 Å². The van der Waals surface area contributed by atoms with Gasteiger partial charge in [0.1, 0.15) is 18.1 Å². The summed E-state index contributed by atoms with van der Waals surface area (Å²) < 4.78 is 11.1. The summed E-state index contributed by atoms with van der Waals surface area (Å²) in [7, 11) is 0. The van der Waals surface area contributed by atoms with Crippen LogP contribution in [0.1, 0.15) is 12.5 Å². The van der Waals surface area contributed by atoms with E-state index in [1.54, 1.807) is 0 Å². The maximum Gasteiger partial charge on any atom is 0.231 e. The molecule has 0 fully saturated rings. The standard InChI is InChI=1S/C18H19NO3/c1-2-21-16-9-7-15(8-10-16)19-18(20)14-11-13-5-3-4-6-17(13)22-12-14/h3-10,14H,2,11-12H2,1H3,(H,19,20)/t14-/m0/s1. The molecule has 22 heavy (non-hydrogen) atoms. The number of rotatable bonds is 4. The molecule has 0 bridgehead atoms. The molecule has 1 amide bonds. The molecule has 3 rings (SSSR count). The maximum absolute atomic E-state index is 12.4. The topological polar surface area (TPSA) is 47.6 Å². The lowest BCUT2D eigenvalue weighted by molar-refractivity contribution is -0.121. The van der Waals surface area contributed by atoms with Crippen LogP contribution in [0.25, 0.3) is 0 Å². The zero-order valence-electron chi connectivity index (χ0n) is 12.5. The van der Waals surface area contributed by atoms with Crippen molar-refractivity contribution in [2.75, 3.05) is 18.5 Å². The van der Waals surface area contributed by atoms with Crippen molar-refractivity contribution >= 4 is 11.6 Å². The first-order valence-corrected chi connectivity index (χ1v) is 7.50. The third kappa shape index (κ3) is 3.22. The summed E-state index contributed by atoms with van der Waals surface area (Å²) in [6.45, 7) is 2.99. The second-order valence-electron chi connectivity index (χ2n) is 5.27. The molecule has 1 N–H and O–H groups in total. The highest BCUT2D eigenvalue weighted by Crippen LogP contribution is 2.27. The Hall–Kier alpha value is -2.49. The van der Waals surface area contributed by atoms with Crippen LogP contribution in [0.4, 0.5) is 5.69 Å². The highest BCUT2D eigenvalue weighted by atomic mass is 16.5. The highest BCUT2D eigenvalue weighted by Gasteiger charge is 2.25. The maximum atomic E-state index is 12.4. The van der Waals surface area contributed by atoms with Gasteiger partial charge in [-0.05, 0) is 49.2 Å². The number of para-hydroxylation sites is 1. The van der Waals surface area contributed by atoms with E-state index in [9.17, 15) is 4.79 Å². The van der Waals surface area contributed by atoms with Crippen LogP contribution in [0.2, 0.25) is 0 Å². The molecular formula is C18H19NO3. The van der Waals surface area contributed by atoms with Crippen LogP contribution in [-0.2, 0) is 11.2 Å². The van der Waals surface area contributed by atoms with E-state index in [-0.39, 0.29) is 11.8 Å². The minimum Gasteiger partial charge on any atom is -0.494 e. The van der Waals surface area contributed by atoms with Crippen molar-refractivity contribution < 1.29 is 14.3 Å². The minimum atomic E-state index is -0.165. The molecule has 0 aliphatic carbocycles. The number of carbonyl (C=O) groups excluding carboxylic acids is 1. The van der Waals surface area contributed by atoms with E-state index in [0.29, 0.717) is 19.6 Å². The molecule has 1 heterocycles. The first-order chi connectivity index (χ1) is 10.8. The summed E-state index contributed by atoms with van der Waals surface area (Å²) >= 11 is 0. The van der Waals surface area contributed by atoms with Crippen LogP contribution in [0.5, 0.6) is 11.5 Å². The van der Waals surface area contributed by atoms with Gasteiger partial charge >= 0.3 is 0 Å². The normalized spacial score (nSPS) is 16.3. The third-order valence-electron chi connectivity index (χ3n) is 3.68. The summed E-state index contributed by atoms with van der Waals surface area (Å²) in [5.74, 6) is 1.50. The van der Waals surface area contributed by atoms with Gasteiger partial charge in [0.15, 0.2) is 0 Å². The van der Waals surface area contributed by atoms with Crippen molar-refractivity contribution in [3.63, 3.8) is 0 Å². The number of amides is 1. The molecule has 0 aromatic heterocycles. The van der Waals surface area contributed by atoms with E-state index in [4.69, 9.17) is 9.47 Å². The fourth-order valence-corrected chi connectivity index (χ4v) is 2.54. The average Bonchev–Trinajstić information content (AvgIpc) is 2.56. The molecule has 1 aliphatic heterocycles. The van der Waals surface area contributed by atoms with Crippen LogP contribution in [-0.4, -0.2) is 19.1 Å². The van der Waals surface area contributed by atoms with Gasteiger partial charge in [-0.15, -0.1) is 0 Å². The number of anilines is 1. The number of hydrogen-bond donors (Lipinski definition) is 1. The SMILES string of the molecule is CCOc1ccc(NC(=O)[C@@H]2COc3ccccc3C2)cc1. The van der Waals surface area contributed by atoms with Gasteiger partial charge in [0.2, 0.25) is 5.91 Å². The number of carbonyl (C=O) groups is 1. The fraction of sp³-hybridized carbons (Fsp3) is 0.278. The van der Waals surface area contributed by atoms with Gasteiger partial charge in [0.25, 0.3) is 0 Å². The number of nitrogens with one attached hydrogen (secondary N) is 1. The first-order valence-electron chi connectivity index (χ1n) is 7.50. The zero-order valence-corrected chi connectivity index (χ0v) is 12.5. The number of hydrogen-bond acceptors (Lipinski definition) is 3. The van der Waals surface area contributed by atoms with Crippen LogP contribution in [0, 0.1) is 5.92 Å². The predicted molar refractivity (Wildman–Crippen MR) is 85.4 cm³/mol. The second kappa shape index (κ2) is 6.52. The van der Waals surface area contributed by atoms with Gasteiger partial charge in [-0.3, -0.25) is 4.79 Å². The Morgan fingerprint density at radius 2 is 2.00 bits per heavy atom. The molecule has 0 spiro atoms. The smallest absolute Gasteiger partial charge is 0.231 e. The molecule has 1 aliphatic rings. The quantitative estimate of drug-likeness (QED) is 0.942. The van der Waals surface area contributed by atoms with Crippen LogP contribution < -0.4 is 14.8 Å². The summed E-state index contributed by atoms with van der Waals surface area (Å²) in [6, 6.07) is 15.3. The average molecular weight is 297 g/mol. The zero-order chi connectivity index (χ0) is 15.4. The third-order valence-corrected chi connectivity index (χ3v) is 3.68. The molecule has 4 heteroatoms. The van der Waals surface area contributed by atoms with Crippen LogP contribution >= 0.6 is 0 Å². The molecule has 0 unspecified atom stereocenters. The largest absolute Gasteiger partial charge is 0.494 e. The van der Waals surface area contributed by atoms with Crippen molar-refractivity contribution in [3.8, 4) is 11.5 Å². The Morgan fingerprint density at radius 3 is 2.77 bits per heavy atom. The molecular weight excluding hydrogens is 278 g/mol. The molecule has 4 nitrogen and oxygen atoms in total. The van der Waals surface area contributed by atoms with Crippen molar-refractivity contribution in [2.45, 2.75) is 13.3 Å². The number of fused-ring (bicyclic) bond motifs is 1. The fourth-order valence-electron chi connectivity index (χ4n) is 2.54. The van der Waals surface area contributed by atoms with Crippen molar-refractivity contribution in [3.05, 3.63) is 54.1 Å². The van der Waals surface area contributed by atoms with Crippen LogP contribution in [0.3, 0.4) is 0 Å². The number of ether oxygens (including phenoxy) is 2. The summed E-state index contributed by atoms with van der Waals surface area (Å²) in [5, 5.41) is 2.94. The van der Waals surface area contributed by atoms with Crippen LogP contribution in [0.15, 0.2) is 48.5 Å². The van der Waals surface area contributed by atoms with Crippen molar-refractivity contribution in [2.24, 2.45) is 5.92 Å². The predicted octanol–water partition coefficient (Wildman–Crippen LogP) is 3.28. The van der Waals surface area contributed by atoms with E-state index in [2.05, 4.69) is 5.32 Å². The lowest BCUT2D eigenvalue weighted by atomic mass is 9.96. The summed E-state index contributed by atoms with van der Waals surface area (Å²) in [5.41, 5.74) is 1.85. The molecule has 1 atom stereocenters. The van der Waals surface area contributed by atoms with E-state index in [1.807, 2.05) is 55.5 Å². The minimum absolute atomic E-state index is 0.0151. The molecule has 0 radical (unpaired) electrons. The van der Waals surface area contributed by atoms with E-state index >= 15 is 0 Å². The second-order valence-corrected chi connectivity index (χ2v) is 5.27. The number of benzene rings is 2. The van der Waals surface area contributed by atoms with E-state index in [0.717, 1.165) is 22.7 Å². The Labute approximate surface area is 130 Å². The van der Waals surface area contributed by atoms with Crippen molar-refractivity contribution in [1.82, 2.24) is 0 Å².